The van der Waals surface area contributed by atoms with Crippen molar-refractivity contribution in [2.75, 3.05) is 0 Å². The fourth-order valence-corrected chi connectivity index (χ4v) is 3.09. The van der Waals surface area contributed by atoms with Crippen LogP contribution in [0.2, 0.25) is 0 Å². The van der Waals surface area contributed by atoms with E-state index in [0.717, 1.165) is 45.8 Å². The Kier molecular flexibility index (Phi) is 3.50. The Morgan fingerprint density at radius 1 is 1.35 bits per heavy atom. The maximum atomic E-state index is 5.69. The Labute approximate surface area is 121 Å². The van der Waals surface area contributed by atoms with Crippen LogP contribution >= 0.6 is 11.5 Å². The number of aromatic nitrogens is 4. The number of fused-ring (bicyclic) bond motifs is 1. The summed E-state index contributed by atoms with van der Waals surface area (Å²) in [6.45, 7) is 2.68. The van der Waals surface area contributed by atoms with Gasteiger partial charge in [0.2, 0.25) is 0 Å². The number of benzene rings is 1. The molecule has 0 saturated carbocycles. The molecule has 0 aliphatic heterocycles. The van der Waals surface area contributed by atoms with Crippen LogP contribution in [0.4, 0.5) is 0 Å². The van der Waals surface area contributed by atoms with Crippen molar-refractivity contribution in [3.63, 3.8) is 0 Å². The Bertz CT molecular complexity index is 743. The van der Waals surface area contributed by atoms with Crippen molar-refractivity contribution in [3.05, 3.63) is 29.5 Å². The molecular formula is C14H17N5S. The summed E-state index contributed by atoms with van der Waals surface area (Å²) in [7, 11) is 2.03. The van der Waals surface area contributed by atoms with E-state index >= 15 is 0 Å². The molecule has 1 aromatic carbocycles. The van der Waals surface area contributed by atoms with Gasteiger partial charge in [0, 0.05) is 13.6 Å². The van der Waals surface area contributed by atoms with Crippen LogP contribution in [0.1, 0.15) is 24.6 Å². The smallest absolute Gasteiger partial charge is 0.154 e. The Morgan fingerprint density at radius 2 is 2.20 bits per heavy atom. The topological polar surface area (TPSA) is 69.6 Å². The largest absolute Gasteiger partial charge is 0.326 e. The predicted molar refractivity (Wildman–Crippen MR) is 81.5 cm³/mol. The van der Waals surface area contributed by atoms with Crippen molar-refractivity contribution in [3.8, 4) is 10.7 Å². The summed E-state index contributed by atoms with van der Waals surface area (Å²) in [5.41, 5.74) is 9.90. The molecule has 0 atom stereocenters. The fraction of sp³-hybridized carbons (Fsp3) is 0.357. The van der Waals surface area contributed by atoms with Crippen molar-refractivity contribution in [1.29, 1.82) is 0 Å². The molecule has 0 unspecified atom stereocenters. The normalized spacial score (nSPS) is 11.3. The van der Waals surface area contributed by atoms with E-state index in [2.05, 4.69) is 27.1 Å². The Morgan fingerprint density at radius 3 is 2.95 bits per heavy atom. The van der Waals surface area contributed by atoms with E-state index in [1.165, 1.54) is 11.5 Å². The van der Waals surface area contributed by atoms with Gasteiger partial charge in [-0.05, 0) is 35.6 Å². The summed E-state index contributed by atoms with van der Waals surface area (Å²) in [5, 5.41) is 4.22. The van der Waals surface area contributed by atoms with E-state index in [1.807, 2.05) is 19.2 Å². The average molecular weight is 287 g/mol. The minimum absolute atomic E-state index is 0.533. The zero-order valence-electron chi connectivity index (χ0n) is 11.6. The quantitative estimate of drug-likeness (QED) is 0.800. The lowest BCUT2D eigenvalue weighted by atomic mass is 10.2. The van der Waals surface area contributed by atoms with Gasteiger partial charge in [-0.2, -0.15) is 0 Å². The number of hydrogen-bond acceptors (Lipinski definition) is 5. The summed E-state index contributed by atoms with van der Waals surface area (Å²) in [6.07, 6.45) is 1.99. The summed E-state index contributed by atoms with van der Waals surface area (Å²) >= 11 is 1.41. The van der Waals surface area contributed by atoms with Crippen LogP contribution in [0, 0.1) is 0 Å². The summed E-state index contributed by atoms with van der Waals surface area (Å²) < 4.78 is 6.18. The highest BCUT2D eigenvalue weighted by molar-refractivity contribution is 7.09. The van der Waals surface area contributed by atoms with E-state index in [-0.39, 0.29) is 0 Å². The molecule has 0 spiro atoms. The molecule has 0 fully saturated rings. The number of aryl methyl sites for hydroxylation is 2. The summed E-state index contributed by atoms with van der Waals surface area (Å²) in [4.78, 5) is 5.81. The van der Waals surface area contributed by atoms with E-state index in [9.17, 15) is 0 Å². The van der Waals surface area contributed by atoms with Gasteiger partial charge < -0.3 is 10.3 Å². The molecule has 2 heterocycles. The van der Waals surface area contributed by atoms with Crippen molar-refractivity contribution in [2.24, 2.45) is 12.8 Å². The zero-order chi connectivity index (χ0) is 14.1. The lowest BCUT2D eigenvalue weighted by Gasteiger charge is -2.01. The van der Waals surface area contributed by atoms with Crippen LogP contribution in [0.5, 0.6) is 0 Å². The molecule has 3 rings (SSSR count). The predicted octanol–water partition coefficient (Wildman–Crippen LogP) is 2.50. The standard InChI is InChI=1S/C14H17N5S/c1-3-4-10-13(20-18-17-10)14-16-11-7-9(8-15)5-6-12(11)19(14)2/h5-7H,3-4,8,15H2,1-2H3. The molecule has 0 bridgehead atoms. The van der Waals surface area contributed by atoms with E-state index in [4.69, 9.17) is 10.7 Å². The molecule has 6 heteroatoms. The third kappa shape index (κ3) is 2.10. The summed E-state index contributed by atoms with van der Waals surface area (Å²) in [6, 6.07) is 6.17. The van der Waals surface area contributed by atoms with Crippen LogP contribution in [-0.2, 0) is 20.0 Å². The third-order valence-electron chi connectivity index (χ3n) is 3.43. The molecular weight excluding hydrogens is 270 g/mol. The maximum Gasteiger partial charge on any atom is 0.154 e. The van der Waals surface area contributed by atoms with Gasteiger partial charge in [-0.15, -0.1) is 5.10 Å². The van der Waals surface area contributed by atoms with Gasteiger partial charge in [0.15, 0.2) is 5.82 Å². The van der Waals surface area contributed by atoms with Gasteiger partial charge in [0.05, 0.1) is 16.7 Å². The number of nitrogens with two attached hydrogens (primary N) is 1. The molecule has 2 aromatic heterocycles. The second kappa shape index (κ2) is 5.30. The maximum absolute atomic E-state index is 5.69. The monoisotopic (exact) mass is 287 g/mol. The Hall–Kier alpha value is -1.79. The molecule has 0 amide bonds. The van der Waals surface area contributed by atoms with Crippen LogP contribution in [0.15, 0.2) is 18.2 Å². The molecule has 104 valence electrons. The van der Waals surface area contributed by atoms with Crippen LogP contribution in [-0.4, -0.2) is 19.1 Å². The van der Waals surface area contributed by atoms with Gasteiger partial charge in [-0.25, -0.2) is 4.98 Å². The lowest BCUT2D eigenvalue weighted by molar-refractivity contribution is 0.865. The van der Waals surface area contributed by atoms with E-state index < -0.39 is 0 Å². The first-order valence-corrected chi connectivity index (χ1v) is 7.49. The van der Waals surface area contributed by atoms with Crippen molar-refractivity contribution < 1.29 is 0 Å². The first-order valence-electron chi connectivity index (χ1n) is 6.71. The van der Waals surface area contributed by atoms with Crippen molar-refractivity contribution in [2.45, 2.75) is 26.3 Å². The fourth-order valence-electron chi connectivity index (χ4n) is 2.35. The molecule has 0 aliphatic rings. The summed E-state index contributed by atoms with van der Waals surface area (Å²) in [5.74, 6) is 0.938. The molecule has 2 N–H and O–H groups in total. The molecule has 3 aromatic rings. The van der Waals surface area contributed by atoms with Gasteiger partial charge in [-0.3, -0.25) is 0 Å². The number of imidazole rings is 1. The first-order chi connectivity index (χ1) is 9.74. The van der Waals surface area contributed by atoms with Crippen molar-refractivity contribution in [1.82, 2.24) is 19.1 Å². The van der Waals surface area contributed by atoms with Gasteiger partial charge in [0.1, 0.15) is 4.88 Å². The highest BCUT2D eigenvalue weighted by Crippen LogP contribution is 2.29. The van der Waals surface area contributed by atoms with E-state index in [0.29, 0.717) is 6.54 Å². The molecule has 5 nitrogen and oxygen atoms in total. The highest BCUT2D eigenvalue weighted by atomic mass is 32.1. The van der Waals surface area contributed by atoms with Crippen molar-refractivity contribution >= 4 is 22.6 Å². The second-order valence-electron chi connectivity index (χ2n) is 4.82. The number of nitrogens with zero attached hydrogens (tertiary/aromatic N) is 4. The number of hydrogen-bond donors (Lipinski definition) is 1. The third-order valence-corrected chi connectivity index (χ3v) is 4.19. The average Bonchev–Trinajstić information content (AvgIpc) is 3.04. The Balaban J connectivity index is 2.16. The molecule has 0 aliphatic carbocycles. The number of rotatable bonds is 4. The first kappa shape index (κ1) is 13.2. The van der Waals surface area contributed by atoms with Crippen LogP contribution < -0.4 is 5.73 Å². The minimum Gasteiger partial charge on any atom is -0.326 e. The SMILES string of the molecule is CCCc1nnsc1-c1nc2cc(CN)ccc2n1C. The van der Waals surface area contributed by atoms with Gasteiger partial charge >= 0.3 is 0 Å². The minimum atomic E-state index is 0.533. The second-order valence-corrected chi connectivity index (χ2v) is 5.57. The van der Waals surface area contributed by atoms with Crippen LogP contribution in [0.3, 0.4) is 0 Å². The van der Waals surface area contributed by atoms with Gasteiger partial charge in [0.25, 0.3) is 0 Å². The van der Waals surface area contributed by atoms with Crippen LogP contribution in [0.25, 0.3) is 21.7 Å². The highest BCUT2D eigenvalue weighted by Gasteiger charge is 2.16. The molecule has 0 saturated heterocycles. The van der Waals surface area contributed by atoms with Gasteiger partial charge in [-0.1, -0.05) is 23.9 Å². The molecule has 20 heavy (non-hydrogen) atoms. The van der Waals surface area contributed by atoms with E-state index in [1.54, 1.807) is 0 Å². The zero-order valence-corrected chi connectivity index (χ0v) is 12.4. The lowest BCUT2D eigenvalue weighted by Crippen LogP contribution is -1.96. The molecule has 0 radical (unpaired) electrons.